The summed E-state index contributed by atoms with van der Waals surface area (Å²) in [5, 5.41) is 25.1. The number of aliphatic hydroxyl groups excluding tert-OH is 2. The average molecular weight is 316 g/mol. The fraction of sp³-hybridized carbons (Fsp3) is 0.833. The molecule has 5 N–H and O–H groups in total. The zero-order valence-electron chi connectivity index (χ0n) is 11.7. The van der Waals surface area contributed by atoms with E-state index >= 15 is 0 Å². The summed E-state index contributed by atoms with van der Waals surface area (Å²) in [5.41, 5.74) is -0.508. The number of hydrogen-bond donors (Lipinski definition) is 4. The predicted octanol–water partition coefficient (Wildman–Crippen LogP) is -1.62. The molecule has 9 heteroatoms. The summed E-state index contributed by atoms with van der Waals surface area (Å²) in [7, 11) is 0. The van der Waals surface area contributed by atoms with Crippen molar-refractivity contribution < 1.29 is 19.7 Å². The van der Waals surface area contributed by atoms with Crippen LogP contribution in [0.25, 0.3) is 0 Å². The van der Waals surface area contributed by atoms with Gasteiger partial charge in [0, 0.05) is 12.6 Å². The van der Waals surface area contributed by atoms with Crippen LogP contribution >= 0.6 is 11.8 Å². The first kappa shape index (κ1) is 15.0. The lowest BCUT2D eigenvalue weighted by atomic mass is 9.98. The molecule has 2 aliphatic heterocycles. The van der Waals surface area contributed by atoms with E-state index in [0.717, 1.165) is 12.8 Å². The fourth-order valence-electron chi connectivity index (χ4n) is 2.35. The number of amidine groups is 1. The number of aliphatic imine (C=N–C) groups is 1. The number of hydrazine groups is 1. The van der Waals surface area contributed by atoms with E-state index in [1.807, 2.05) is 6.92 Å². The van der Waals surface area contributed by atoms with Crippen LogP contribution in [0.5, 0.6) is 0 Å². The summed E-state index contributed by atoms with van der Waals surface area (Å²) in [5.74, 6) is 5.41. The molecular weight excluding hydrogens is 296 g/mol. The van der Waals surface area contributed by atoms with Gasteiger partial charge in [0.2, 0.25) is 0 Å². The van der Waals surface area contributed by atoms with Crippen molar-refractivity contribution in [3.63, 3.8) is 0 Å². The Kier molecular flexibility index (Phi) is 4.10. The van der Waals surface area contributed by atoms with Gasteiger partial charge < -0.3 is 20.3 Å². The van der Waals surface area contributed by atoms with E-state index in [2.05, 4.69) is 10.3 Å². The van der Waals surface area contributed by atoms with E-state index in [1.165, 1.54) is 16.8 Å². The number of carbonyl (C=O) groups is 1. The van der Waals surface area contributed by atoms with Crippen molar-refractivity contribution in [2.24, 2.45) is 10.8 Å². The number of thioether (sulfide) groups is 1. The van der Waals surface area contributed by atoms with Crippen LogP contribution in [-0.4, -0.2) is 68.7 Å². The molecule has 0 aromatic carbocycles. The highest BCUT2D eigenvalue weighted by atomic mass is 32.2. The fourth-order valence-corrected chi connectivity index (χ4v) is 3.54. The van der Waals surface area contributed by atoms with Crippen molar-refractivity contribution in [2.45, 2.75) is 55.6 Å². The Balaban J connectivity index is 1.69. The second kappa shape index (κ2) is 5.73. The van der Waals surface area contributed by atoms with Gasteiger partial charge in [-0.15, -0.1) is 0 Å². The monoisotopic (exact) mass is 316 g/mol. The van der Waals surface area contributed by atoms with Crippen LogP contribution in [0, 0.1) is 0 Å². The third-order valence-electron chi connectivity index (χ3n) is 3.82. The number of ether oxygens (including phenoxy) is 1. The minimum Gasteiger partial charge on any atom is -0.388 e. The van der Waals surface area contributed by atoms with Crippen molar-refractivity contribution in [3.05, 3.63) is 0 Å². The molecular formula is C12H20N4O4S. The summed E-state index contributed by atoms with van der Waals surface area (Å²) in [6, 6.07) is -0.437. The normalized spacial score (nSPS) is 38.7. The van der Waals surface area contributed by atoms with E-state index in [4.69, 9.17) is 10.6 Å². The van der Waals surface area contributed by atoms with Gasteiger partial charge in [-0.3, -0.25) is 14.8 Å². The molecule has 0 aromatic rings. The minimum atomic E-state index is -1.29. The Morgan fingerprint density at radius 1 is 1.52 bits per heavy atom. The number of amides is 1. The predicted molar refractivity (Wildman–Crippen MR) is 77.2 cm³/mol. The third kappa shape index (κ3) is 2.88. The minimum absolute atomic E-state index is 0.172. The molecule has 1 saturated carbocycles. The molecule has 21 heavy (non-hydrogen) atoms. The first-order valence-electron chi connectivity index (χ1n) is 7.10. The second-order valence-electron chi connectivity index (χ2n) is 5.50. The molecule has 0 unspecified atom stereocenters. The van der Waals surface area contributed by atoms with Gasteiger partial charge >= 0.3 is 0 Å². The Hall–Kier alpha value is -0.870. The molecule has 2 fully saturated rings. The standard InChI is InChI=1S/C12H20N4O4S/c1-2-16(13)12-15-6-7(17)8(18)9(20-11(6)21-12)10(19)14-5-3-4-5/h5-9,11,17-18H,2-4,13H2,1H3,(H,14,19)/t6-,7-,8+,9+,11-/m1/s1. The molecule has 0 aromatic heterocycles. The van der Waals surface area contributed by atoms with Crippen LogP contribution in [0.2, 0.25) is 0 Å². The van der Waals surface area contributed by atoms with Gasteiger partial charge in [0.15, 0.2) is 11.3 Å². The molecule has 1 saturated heterocycles. The van der Waals surface area contributed by atoms with E-state index in [1.54, 1.807) is 0 Å². The summed E-state index contributed by atoms with van der Waals surface area (Å²) >= 11 is 1.27. The van der Waals surface area contributed by atoms with Crippen LogP contribution in [0.1, 0.15) is 19.8 Å². The van der Waals surface area contributed by atoms with Crippen molar-refractivity contribution in [2.75, 3.05) is 6.54 Å². The molecule has 0 radical (unpaired) electrons. The third-order valence-corrected chi connectivity index (χ3v) is 4.99. The highest BCUT2D eigenvalue weighted by Crippen LogP contribution is 2.37. The van der Waals surface area contributed by atoms with Gasteiger partial charge in [-0.25, -0.2) is 5.84 Å². The quantitative estimate of drug-likeness (QED) is 0.365. The number of nitrogens with two attached hydrogens (primary N) is 1. The van der Waals surface area contributed by atoms with E-state index in [0.29, 0.717) is 11.7 Å². The maximum absolute atomic E-state index is 12.1. The SMILES string of the molecule is CCN(N)C1=N[C@@H]2[C@@H](O)[C@H](O)[C@@H](C(=O)NC3CC3)O[C@@H]2S1. The lowest BCUT2D eigenvalue weighted by Gasteiger charge is -2.37. The molecule has 0 bridgehead atoms. The topological polar surface area (TPSA) is 120 Å². The zero-order valence-corrected chi connectivity index (χ0v) is 12.5. The molecule has 5 atom stereocenters. The molecule has 8 nitrogen and oxygen atoms in total. The number of nitrogens with one attached hydrogen (secondary N) is 1. The van der Waals surface area contributed by atoms with Gasteiger partial charge in [-0.2, -0.15) is 0 Å². The van der Waals surface area contributed by atoms with Crippen LogP contribution in [0.15, 0.2) is 4.99 Å². The number of nitrogens with zero attached hydrogens (tertiary/aromatic N) is 2. The van der Waals surface area contributed by atoms with Crippen LogP contribution in [0.4, 0.5) is 0 Å². The Morgan fingerprint density at radius 2 is 2.24 bits per heavy atom. The Morgan fingerprint density at radius 3 is 2.86 bits per heavy atom. The molecule has 1 amide bonds. The van der Waals surface area contributed by atoms with Crippen LogP contribution in [0.3, 0.4) is 0 Å². The number of fused-ring (bicyclic) bond motifs is 1. The first-order chi connectivity index (χ1) is 10.0. The molecule has 0 spiro atoms. The second-order valence-corrected chi connectivity index (χ2v) is 6.56. The van der Waals surface area contributed by atoms with Gasteiger partial charge in [0.1, 0.15) is 23.7 Å². The number of carbonyl (C=O) groups excluding carboxylic acids is 1. The smallest absolute Gasteiger partial charge is 0.252 e. The van der Waals surface area contributed by atoms with Crippen molar-refractivity contribution in [1.29, 1.82) is 0 Å². The first-order valence-corrected chi connectivity index (χ1v) is 7.98. The van der Waals surface area contributed by atoms with E-state index in [-0.39, 0.29) is 11.9 Å². The maximum Gasteiger partial charge on any atom is 0.252 e. The molecule has 2 heterocycles. The highest BCUT2D eigenvalue weighted by molar-refractivity contribution is 8.14. The summed E-state index contributed by atoms with van der Waals surface area (Å²) < 4.78 is 5.65. The lowest BCUT2D eigenvalue weighted by Crippen LogP contribution is -2.59. The number of hydrogen-bond acceptors (Lipinski definition) is 8. The van der Waals surface area contributed by atoms with Gasteiger partial charge in [0.25, 0.3) is 5.91 Å². The summed E-state index contributed by atoms with van der Waals surface area (Å²) in [4.78, 5) is 16.4. The Bertz CT molecular complexity index is 459. The van der Waals surface area contributed by atoms with Crippen molar-refractivity contribution >= 4 is 22.8 Å². The largest absolute Gasteiger partial charge is 0.388 e. The van der Waals surface area contributed by atoms with E-state index < -0.39 is 29.8 Å². The molecule has 1 aliphatic carbocycles. The summed E-state index contributed by atoms with van der Waals surface area (Å²) in [6.07, 6.45) is -1.61. The van der Waals surface area contributed by atoms with Gasteiger partial charge in [0.05, 0.1) is 0 Å². The summed E-state index contributed by atoms with van der Waals surface area (Å²) in [6.45, 7) is 2.44. The van der Waals surface area contributed by atoms with Crippen molar-refractivity contribution in [1.82, 2.24) is 10.3 Å². The number of aliphatic hydroxyl groups is 2. The Labute approximate surface area is 126 Å². The lowest BCUT2D eigenvalue weighted by molar-refractivity contribution is -0.171. The van der Waals surface area contributed by atoms with Gasteiger partial charge in [-0.1, -0.05) is 11.8 Å². The maximum atomic E-state index is 12.1. The average Bonchev–Trinajstić information content (AvgIpc) is 3.17. The molecule has 118 valence electrons. The van der Waals surface area contributed by atoms with E-state index in [9.17, 15) is 15.0 Å². The molecule has 3 aliphatic rings. The van der Waals surface area contributed by atoms with Crippen LogP contribution in [-0.2, 0) is 9.53 Å². The van der Waals surface area contributed by atoms with Crippen molar-refractivity contribution in [3.8, 4) is 0 Å². The van der Waals surface area contributed by atoms with Crippen LogP contribution < -0.4 is 11.2 Å². The highest BCUT2D eigenvalue weighted by Gasteiger charge is 2.51. The zero-order chi connectivity index (χ0) is 15.1. The molecule has 3 rings (SSSR count). The van der Waals surface area contributed by atoms with Gasteiger partial charge in [-0.05, 0) is 19.8 Å². The number of rotatable bonds is 3.